The minimum Gasteiger partial charge on any atom is -0.344 e. The third-order valence-corrected chi connectivity index (χ3v) is 9.47. The Morgan fingerprint density at radius 1 is 0.744 bits per heavy atom. The molecule has 0 saturated carbocycles. The van der Waals surface area contributed by atoms with E-state index in [9.17, 15) is 0 Å². The number of anilines is 1. The molecule has 3 aromatic rings. The van der Waals surface area contributed by atoms with Gasteiger partial charge in [0.1, 0.15) is 0 Å². The summed E-state index contributed by atoms with van der Waals surface area (Å²) in [7, 11) is 0. The first-order chi connectivity index (χ1) is 20.8. The summed E-state index contributed by atoms with van der Waals surface area (Å²) in [5, 5.41) is 0. The van der Waals surface area contributed by atoms with Crippen molar-refractivity contribution in [1.29, 1.82) is 0 Å². The third kappa shape index (κ3) is 6.35. The number of para-hydroxylation sites is 1. The number of rotatable bonds is 12. The summed E-state index contributed by atoms with van der Waals surface area (Å²) in [6.07, 6.45) is 19.0. The number of allylic oxidation sites excluding steroid dienone is 4. The Labute approximate surface area is 261 Å². The molecule has 2 aliphatic heterocycles. The van der Waals surface area contributed by atoms with E-state index in [0.29, 0.717) is 0 Å². The first-order valence-electron chi connectivity index (χ1n) is 16.5. The molecule has 0 N–H and O–H groups in total. The predicted molar refractivity (Wildman–Crippen MR) is 187 cm³/mol. The van der Waals surface area contributed by atoms with E-state index in [0.717, 1.165) is 19.5 Å². The van der Waals surface area contributed by atoms with Crippen molar-refractivity contribution in [3.63, 3.8) is 0 Å². The van der Waals surface area contributed by atoms with E-state index < -0.39 is 0 Å². The van der Waals surface area contributed by atoms with Crippen LogP contribution in [0.25, 0.3) is 6.08 Å². The molecule has 224 valence electrons. The van der Waals surface area contributed by atoms with E-state index in [4.69, 9.17) is 0 Å². The Bertz CT molecular complexity index is 1530. The summed E-state index contributed by atoms with van der Waals surface area (Å²) in [5.41, 5.74) is 10.9. The molecule has 0 bridgehead atoms. The summed E-state index contributed by atoms with van der Waals surface area (Å²) in [6.45, 7) is 16.0. The van der Waals surface area contributed by atoms with Crippen molar-refractivity contribution in [1.82, 2.24) is 0 Å². The Kier molecular flexibility index (Phi) is 9.55. The van der Waals surface area contributed by atoms with Gasteiger partial charge >= 0.3 is 0 Å². The minimum atomic E-state index is -0.0816. The van der Waals surface area contributed by atoms with E-state index in [1.54, 1.807) is 0 Å². The van der Waals surface area contributed by atoms with Gasteiger partial charge in [0.2, 0.25) is 5.69 Å². The second-order valence-corrected chi connectivity index (χ2v) is 13.3. The first kappa shape index (κ1) is 30.8. The zero-order chi connectivity index (χ0) is 30.5. The van der Waals surface area contributed by atoms with Crippen LogP contribution in [0.2, 0.25) is 0 Å². The molecular formula is C41H51N2+. The van der Waals surface area contributed by atoms with Crippen LogP contribution in [0.4, 0.5) is 11.4 Å². The molecule has 0 saturated heterocycles. The van der Waals surface area contributed by atoms with Crippen molar-refractivity contribution >= 4 is 23.2 Å². The van der Waals surface area contributed by atoms with Gasteiger partial charge in [-0.3, -0.25) is 0 Å². The van der Waals surface area contributed by atoms with Crippen LogP contribution in [0, 0.1) is 0 Å². The Hall–Kier alpha value is -3.65. The molecule has 0 aromatic heterocycles. The molecule has 2 heterocycles. The number of fused-ring (bicyclic) bond motifs is 2. The molecule has 0 fully saturated rings. The second kappa shape index (κ2) is 13.3. The van der Waals surface area contributed by atoms with Gasteiger partial charge in [0, 0.05) is 41.1 Å². The van der Waals surface area contributed by atoms with Gasteiger partial charge < -0.3 is 4.90 Å². The van der Waals surface area contributed by atoms with Crippen LogP contribution in [-0.4, -0.2) is 23.4 Å². The van der Waals surface area contributed by atoms with Gasteiger partial charge in [-0.25, -0.2) is 0 Å². The smallest absolute Gasteiger partial charge is 0.210 e. The lowest BCUT2D eigenvalue weighted by atomic mass is 9.80. The molecule has 2 heteroatoms. The molecule has 2 nitrogen and oxygen atoms in total. The number of hydrogen-bond donors (Lipinski definition) is 0. The summed E-state index contributed by atoms with van der Waals surface area (Å²) in [5.74, 6) is 0. The molecule has 0 atom stereocenters. The average molecular weight is 572 g/mol. The number of benzene rings is 3. The molecule has 43 heavy (non-hydrogen) atoms. The maximum absolute atomic E-state index is 2.56. The summed E-state index contributed by atoms with van der Waals surface area (Å²) >= 11 is 0. The summed E-state index contributed by atoms with van der Waals surface area (Å²) in [6, 6.07) is 26.8. The quantitative estimate of drug-likeness (QED) is 0.155. The summed E-state index contributed by atoms with van der Waals surface area (Å²) in [4.78, 5) is 2.56. The van der Waals surface area contributed by atoms with Crippen LogP contribution >= 0.6 is 0 Å². The number of aryl methyl sites for hydroxylation is 1. The highest BCUT2D eigenvalue weighted by Crippen LogP contribution is 2.48. The molecule has 0 amide bonds. The standard InChI is InChI=1S/C41H51N2/c1-7-9-12-21-33-27-28-37-35(31-33)41(5,6)39(43(37)30-18-22-32-19-13-11-14-20-32)26-17-25-38-40(3,4)34-23-15-16-24-36(34)42(38)29-10-8-2/h11,13-20,22-28,31H,7-10,12,21,29-30H2,1-6H3/q+1. The maximum atomic E-state index is 2.56. The van der Waals surface area contributed by atoms with Crippen molar-refractivity contribution in [2.75, 3.05) is 18.0 Å². The molecule has 0 unspecified atom stereocenters. The lowest BCUT2D eigenvalue weighted by Gasteiger charge is -2.27. The highest BCUT2D eigenvalue weighted by atomic mass is 15.2. The van der Waals surface area contributed by atoms with Crippen molar-refractivity contribution in [3.05, 3.63) is 125 Å². The van der Waals surface area contributed by atoms with Gasteiger partial charge in [-0.1, -0.05) is 114 Å². The largest absolute Gasteiger partial charge is 0.344 e. The SMILES string of the molecule is CCCCCc1ccc2c(c1)C(C)(C)C(C=CC=C1N(CCCC)c3ccccc3C1(C)C)=[N+]2CC=Cc1ccccc1. The molecule has 0 aliphatic carbocycles. The van der Waals surface area contributed by atoms with E-state index in [1.165, 1.54) is 77.1 Å². The number of unbranched alkanes of at least 4 members (excludes halogenated alkanes) is 3. The van der Waals surface area contributed by atoms with E-state index >= 15 is 0 Å². The first-order valence-corrected chi connectivity index (χ1v) is 16.5. The van der Waals surface area contributed by atoms with Gasteiger partial charge in [-0.2, -0.15) is 4.58 Å². The van der Waals surface area contributed by atoms with Crippen LogP contribution in [0.3, 0.4) is 0 Å². The highest BCUT2D eigenvalue weighted by molar-refractivity contribution is 6.03. The van der Waals surface area contributed by atoms with Crippen molar-refractivity contribution < 1.29 is 4.58 Å². The second-order valence-electron chi connectivity index (χ2n) is 13.3. The molecule has 5 rings (SSSR count). The van der Waals surface area contributed by atoms with Crippen molar-refractivity contribution in [2.45, 2.75) is 90.9 Å². The van der Waals surface area contributed by atoms with Gasteiger partial charge in [0.05, 0.1) is 5.41 Å². The summed E-state index contributed by atoms with van der Waals surface area (Å²) < 4.78 is 2.53. The number of nitrogens with zero attached hydrogens (tertiary/aromatic N) is 2. The minimum absolute atomic E-state index is 0.0288. The van der Waals surface area contributed by atoms with Gasteiger partial charge in [-0.15, -0.1) is 0 Å². The third-order valence-electron chi connectivity index (χ3n) is 9.47. The number of hydrogen-bond acceptors (Lipinski definition) is 1. The molecule has 0 spiro atoms. The zero-order valence-electron chi connectivity index (χ0n) is 27.4. The van der Waals surface area contributed by atoms with E-state index in [-0.39, 0.29) is 10.8 Å². The fraction of sp³-hybridized carbons (Fsp3) is 0.390. The normalized spacial score (nSPS) is 17.9. The fourth-order valence-electron chi connectivity index (χ4n) is 6.94. The van der Waals surface area contributed by atoms with Crippen LogP contribution in [0.15, 0.2) is 103 Å². The predicted octanol–water partition coefficient (Wildman–Crippen LogP) is 10.5. The molecule has 3 aromatic carbocycles. The highest BCUT2D eigenvalue weighted by Gasteiger charge is 2.44. The van der Waals surface area contributed by atoms with Crippen LogP contribution in [0.1, 0.15) is 95.9 Å². The van der Waals surface area contributed by atoms with Crippen molar-refractivity contribution in [2.24, 2.45) is 0 Å². The topological polar surface area (TPSA) is 6.25 Å². The lowest BCUT2D eigenvalue weighted by Crippen LogP contribution is -2.28. The Balaban J connectivity index is 1.52. The Morgan fingerprint density at radius 3 is 2.26 bits per heavy atom. The van der Waals surface area contributed by atoms with E-state index in [1.807, 2.05) is 0 Å². The van der Waals surface area contributed by atoms with Crippen LogP contribution in [-0.2, 0) is 17.3 Å². The van der Waals surface area contributed by atoms with Gasteiger partial charge in [0.25, 0.3) is 0 Å². The van der Waals surface area contributed by atoms with Gasteiger partial charge in [0.15, 0.2) is 12.3 Å². The van der Waals surface area contributed by atoms with Gasteiger partial charge in [-0.05, 0) is 74.1 Å². The molecular weight excluding hydrogens is 520 g/mol. The van der Waals surface area contributed by atoms with Crippen molar-refractivity contribution in [3.8, 4) is 0 Å². The Morgan fingerprint density at radius 2 is 1.49 bits per heavy atom. The zero-order valence-corrected chi connectivity index (χ0v) is 27.4. The monoisotopic (exact) mass is 571 g/mol. The van der Waals surface area contributed by atoms with E-state index in [2.05, 4.69) is 154 Å². The lowest BCUT2D eigenvalue weighted by molar-refractivity contribution is -0.425. The average Bonchev–Trinajstić information content (AvgIpc) is 3.35. The molecule has 0 radical (unpaired) electrons. The van der Waals surface area contributed by atoms with Crippen LogP contribution in [0.5, 0.6) is 0 Å². The maximum Gasteiger partial charge on any atom is 0.210 e. The molecule has 2 aliphatic rings. The van der Waals surface area contributed by atoms with Crippen LogP contribution < -0.4 is 4.90 Å². The fourth-order valence-corrected chi connectivity index (χ4v) is 6.94.